The molecule has 3 aromatic carbocycles. The van der Waals surface area contributed by atoms with Crippen LogP contribution in [0.5, 0.6) is 0 Å². The highest BCUT2D eigenvalue weighted by Gasteiger charge is 2.32. The first-order chi connectivity index (χ1) is 30.2. The molecule has 3 aromatic heterocycles. The number of nitrogens with one attached hydrogen (secondary N) is 2. The van der Waals surface area contributed by atoms with E-state index in [1.54, 1.807) is 29.1 Å². The molecule has 0 bridgehead atoms. The van der Waals surface area contributed by atoms with E-state index >= 15 is 8.78 Å². The van der Waals surface area contributed by atoms with E-state index in [1.165, 1.54) is 16.7 Å². The SMILES string of the molecule is O=C1CCC(n2c(=O)n(CCCCCCC(=O)N3CCC(n4cc(-c5cnc6cccc(-c7cc(F)c(CC8CNCCO8)c(F)c7)c6n5)cn4)CC3)c3ccccc32)C(=O)N1. The fourth-order valence-corrected chi connectivity index (χ4v) is 9.12. The average molecular weight is 846 g/mol. The number of imide groups is 1. The van der Waals surface area contributed by atoms with Crippen molar-refractivity contribution in [2.24, 2.45) is 0 Å². The van der Waals surface area contributed by atoms with E-state index < -0.39 is 23.6 Å². The largest absolute Gasteiger partial charge is 0.375 e. The highest BCUT2D eigenvalue weighted by atomic mass is 19.1. The van der Waals surface area contributed by atoms with Crippen molar-refractivity contribution in [3.05, 3.63) is 101 Å². The van der Waals surface area contributed by atoms with Crippen LogP contribution in [0.3, 0.4) is 0 Å². The van der Waals surface area contributed by atoms with E-state index in [0.29, 0.717) is 79.0 Å². The van der Waals surface area contributed by atoms with Gasteiger partial charge in [-0.2, -0.15) is 5.10 Å². The van der Waals surface area contributed by atoms with Crippen molar-refractivity contribution >= 4 is 39.8 Å². The molecule has 2 N–H and O–H groups in total. The van der Waals surface area contributed by atoms with E-state index in [1.807, 2.05) is 46.1 Å². The maximum absolute atomic E-state index is 15.4. The van der Waals surface area contributed by atoms with Crippen molar-refractivity contribution in [3.63, 3.8) is 0 Å². The van der Waals surface area contributed by atoms with Crippen LogP contribution in [0.15, 0.2) is 78.0 Å². The number of imidazole rings is 1. The topological polar surface area (TPSA) is 158 Å². The predicted molar refractivity (Wildman–Crippen MR) is 228 cm³/mol. The number of rotatable bonds is 13. The molecule has 2 atom stereocenters. The van der Waals surface area contributed by atoms with Gasteiger partial charge < -0.3 is 15.0 Å². The molecule has 3 fully saturated rings. The number of aryl methyl sites for hydroxylation is 1. The zero-order chi connectivity index (χ0) is 42.7. The van der Waals surface area contributed by atoms with E-state index in [9.17, 15) is 19.2 Å². The summed E-state index contributed by atoms with van der Waals surface area (Å²) in [4.78, 5) is 62.5. The van der Waals surface area contributed by atoms with Gasteiger partial charge in [-0.1, -0.05) is 37.1 Å². The third-order valence-electron chi connectivity index (χ3n) is 12.5. The standard InChI is InChI=1S/C46H49F2N9O5/c47-35-22-29(23-36(48)34(35)24-32-26-49-17-21-62-32)33-8-7-9-37-44(33)52-38(27-50-37)30-25-51-56(28-30)31-15-19-54(20-16-31)43(59)12-3-1-2-6-18-55-39-10-4-5-11-40(39)57(46(55)61)41-13-14-42(58)53-45(41)60/h4-5,7-11,22-23,25,27-28,31-32,41,49H,1-3,6,12-21,24,26H2,(H,53,58,60). The van der Waals surface area contributed by atoms with Crippen LogP contribution in [-0.4, -0.2) is 90.4 Å². The molecule has 2 unspecified atom stereocenters. The molecular formula is C46H49F2N9O5. The molecule has 6 heterocycles. The van der Waals surface area contributed by atoms with Crippen LogP contribution in [0.1, 0.15) is 75.4 Å². The lowest BCUT2D eigenvalue weighted by atomic mass is 9.98. The van der Waals surface area contributed by atoms with Crippen molar-refractivity contribution in [1.82, 2.24) is 44.4 Å². The summed E-state index contributed by atoms with van der Waals surface area (Å²) in [5.41, 5.74) is 4.64. The molecule has 0 saturated carbocycles. The Hall–Kier alpha value is -6.13. The van der Waals surface area contributed by atoms with E-state index in [4.69, 9.17) is 9.72 Å². The van der Waals surface area contributed by atoms with Crippen molar-refractivity contribution in [1.29, 1.82) is 0 Å². The molecular weight excluding hydrogens is 797 g/mol. The molecule has 14 nitrogen and oxygen atoms in total. The number of hydrogen-bond donors (Lipinski definition) is 2. The number of para-hydroxylation sites is 3. The Labute approximate surface area is 356 Å². The van der Waals surface area contributed by atoms with Gasteiger partial charge in [0.1, 0.15) is 17.7 Å². The van der Waals surface area contributed by atoms with E-state index in [2.05, 4.69) is 20.7 Å². The van der Waals surface area contributed by atoms with Gasteiger partial charge in [-0.15, -0.1) is 0 Å². The molecule has 3 saturated heterocycles. The molecule has 62 heavy (non-hydrogen) atoms. The highest BCUT2D eigenvalue weighted by molar-refractivity contribution is 6.00. The smallest absolute Gasteiger partial charge is 0.329 e. The molecule has 9 rings (SSSR count). The number of hydrogen-bond acceptors (Lipinski definition) is 9. The molecule has 0 aliphatic carbocycles. The summed E-state index contributed by atoms with van der Waals surface area (Å²) in [5, 5.41) is 10.2. The summed E-state index contributed by atoms with van der Waals surface area (Å²) >= 11 is 0. The minimum Gasteiger partial charge on any atom is -0.375 e. The summed E-state index contributed by atoms with van der Waals surface area (Å²) in [6.07, 6.45) is 10.9. The van der Waals surface area contributed by atoms with Crippen LogP contribution < -0.4 is 16.3 Å². The molecule has 322 valence electrons. The lowest BCUT2D eigenvalue weighted by Gasteiger charge is -2.32. The summed E-state index contributed by atoms with van der Waals surface area (Å²) in [6.45, 7) is 3.54. The van der Waals surface area contributed by atoms with Crippen LogP contribution in [0.25, 0.3) is 44.5 Å². The van der Waals surface area contributed by atoms with Crippen LogP contribution in [-0.2, 0) is 32.1 Å². The average Bonchev–Trinajstić information content (AvgIpc) is 3.89. The highest BCUT2D eigenvalue weighted by Crippen LogP contribution is 2.32. The van der Waals surface area contributed by atoms with Crippen LogP contribution in [0.4, 0.5) is 8.78 Å². The molecule has 6 aromatic rings. The number of amides is 3. The van der Waals surface area contributed by atoms with Crippen LogP contribution >= 0.6 is 0 Å². The molecule has 3 aliphatic heterocycles. The molecule has 0 radical (unpaired) electrons. The number of unbranched alkanes of at least 4 members (excludes halogenated alkanes) is 3. The van der Waals surface area contributed by atoms with Crippen LogP contribution in [0.2, 0.25) is 0 Å². The first-order valence-corrected chi connectivity index (χ1v) is 21.6. The number of nitrogens with zero attached hydrogens (tertiary/aromatic N) is 7. The number of piperidine rings is 2. The maximum Gasteiger partial charge on any atom is 0.329 e. The number of halogens is 2. The number of likely N-dealkylation sites (tertiary alicyclic amines) is 1. The first kappa shape index (κ1) is 41.2. The van der Waals surface area contributed by atoms with Gasteiger partial charge in [-0.3, -0.25) is 38.5 Å². The monoisotopic (exact) mass is 845 g/mol. The lowest BCUT2D eigenvalue weighted by molar-refractivity contribution is -0.136. The number of ether oxygens (including phenoxy) is 1. The summed E-state index contributed by atoms with van der Waals surface area (Å²) in [6, 6.07) is 14.9. The van der Waals surface area contributed by atoms with E-state index in [0.717, 1.165) is 56.1 Å². The summed E-state index contributed by atoms with van der Waals surface area (Å²) in [5.74, 6) is -1.87. The number of carbonyl (C=O) groups excluding carboxylic acids is 3. The second kappa shape index (κ2) is 18.1. The second-order valence-electron chi connectivity index (χ2n) is 16.5. The van der Waals surface area contributed by atoms with E-state index in [-0.39, 0.29) is 48.1 Å². The van der Waals surface area contributed by atoms with Gasteiger partial charge >= 0.3 is 5.69 Å². The lowest BCUT2D eigenvalue weighted by Crippen LogP contribution is -2.44. The zero-order valence-electron chi connectivity index (χ0n) is 34.4. The fourth-order valence-electron chi connectivity index (χ4n) is 9.12. The summed E-state index contributed by atoms with van der Waals surface area (Å²) < 4.78 is 41.6. The molecule has 3 aliphatic rings. The van der Waals surface area contributed by atoms with Gasteiger partial charge in [0.05, 0.1) is 58.9 Å². The first-order valence-electron chi connectivity index (χ1n) is 21.6. The van der Waals surface area contributed by atoms with Crippen LogP contribution in [0, 0.1) is 11.6 Å². The molecule has 3 amide bonds. The quantitative estimate of drug-likeness (QED) is 0.107. The third-order valence-corrected chi connectivity index (χ3v) is 12.5. The number of morpholine rings is 1. The third kappa shape index (κ3) is 8.53. The normalized spacial score (nSPS) is 18.8. The Morgan fingerprint density at radius 1 is 0.887 bits per heavy atom. The van der Waals surface area contributed by atoms with Gasteiger partial charge in [0.15, 0.2) is 0 Å². The van der Waals surface area contributed by atoms with Crippen molar-refractivity contribution in [2.45, 2.75) is 88.9 Å². The van der Waals surface area contributed by atoms with Gasteiger partial charge in [-0.25, -0.2) is 18.6 Å². The Morgan fingerprint density at radius 2 is 1.68 bits per heavy atom. The Balaban J connectivity index is 0.766. The number of fused-ring (bicyclic) bond motifs is 2. The number of aromatic nitrogens is 6. The fraction of sp³-hybridized carbons (Fsp3) is 0.413. The van der Waals surface area contributed by atoms with Crippen molar-refractivity contribution in [3.8, 4) is 22.4 Å². The summed E-state index contributed by atoms with van der Waals surface area (Å²) in [7, 11) is 0. The Kier molecular flexibility index (Phi) is 12.0. The predicted octanol–water partition coefficient (Wildman–Crippen LogP) is 5.88. The van der Waals surface area contributed by atoms with Crippen molar-refractivity contribution in [2.75, 3.05) is 32.8 Å². The maximum atomic E-state index is 15.4. The Morgan fingerprint density at radius 3 is 2.45 bits per heavy atom. The van der Waals surface area contributed by atoms with Gasteiger partial charge in [0.2, 0.25) is 17.7 Å². The second-order valence-corrected chi connectivity index (χ2v) is 16.5. The van der Waals surface area contributed by atoms with Gasteiger partial charge in [-0.05, 0) is 68.0 Å². The van der Waals surface area contributed by atoms with Crippen molar-refractivity contribution < 1.29 is 27.9 Å². The Bertz CT molecular complexity index is 2670. The number of benzene rings is 3. The molecule has 0 spiro atoms. The molecule has 16 heteroatoms. The zero-order valence-corrected chi connectivity index (χ0v) is 34.4. The minimum absolute atomic E-state index is 0.00803. The number of carbonyl (C=O) groups is 3. The van der Waals surface area contributed by atoms with Gasteiger partial charge in [0.25, 0.3) is 0 Å². The van der Waals surface area contributed by atoms with Gasteiger partial charge in [0, 0.05) is 74.9 Å². The minimum atomic E-state index is -0.718.